The fourth-order valence-electron chi connectivity index (χ4n) is 3.72. The normalized spacial score (nSPS) is 16.2. The molecule has 1 aromatic carbocycles. The second kappa shape index (κ2) is 8.41. The van der Waals surface area contributed by atoms with Crippen LogP contribution in [-0.2, 0) is 0 Å². The lowest BCUT2D eigenvalue weighted by Crippen LogP contribution is -2.49. The first-order valence-corrected chi connectivity index (χ1v) is 11.1. The van der Waals surface area contributed by atoms with Gasteiger partial charge in [-0.2, -0.15) is 5.26 Å². The van der Waals surface area contributed by atoms with E-state index in [4.69, 9.17) is 33.2 Å². The standard InChI is InChI=1S/C22H19Cl2N7O/c23-14-10-16(19(24)26-12-14)22(32)31-7-5-30(6-8-31)21-20(27-15-2-3-15)28-17-4-1-13(11-25)9-18(17)29-21/h1,4,9-10,12,15H,2-3,5-8H2,(H,27,28). The predicted molar refractivity (Wildman–Crippen MR) is 123 cm³/mol. The molecule has 1 saturated carbocycles. The van der Waals surface area contributed by atoms with E-state index < -0.39 is 0 Å². The maximum atomic E-state index is 12.9. The van der Waals surface area contributed by atoms with E-state index in [1.54, 1.807) is 23.1 Å². The number of benzene rings is 1. The molecule has 2 fully saturated rings. The highest BCUT2D eigenvalue weighted by Crippen LogP contribution is 2.31. The predicted octanol–water partition coefficient (Wildman–Crippen LogP) is 3.74. The molecule has 1 aliphatic heterocycles. The molecule has 5 rings (SSSR count). The Morgan fingerprint density at radius 2 is 1.88 bits per heavy atom. The first-order valence-electron chi connectivity index (χ1n) is 10.4. The van der Waals surface area contributed by atoms with Crippen LogP contribution in [0.15, 0.2) is 30.5 Å². The van der Waals surface area contributed by atoms with E-state index in [9.17, 15) is 10.1 Å². The van der Waals surface area contributed by atoms with E-state index in [2.05, 4.69) is 21.3 Å². The molecule has 1 N–H and O–H groups in total. The van der Waals surface area contributed by atoms with Gasteiger partial charge < -0.3 is 15.1 Å². The summed E-state index contributed by atoms with van der Waals surface area (Å²) in [5, 5.41) is 13.2. The molecule has 0 bridgehead atoms. The fourth-order valence-corrected chi connectivity index (χ4v) is 4.06. The van der Waals surface area contributed by atoms with E-state index in [1.165, 1.54) is 6.20 Å². The van der Waals surface area contributed by atoms with Crippen LogP contribution in [0.1, 0.15) is 28.8 Å². The molecule has 3 heterocycles. The van der Waals surface area contributed by atoms with Gasteiger partial charge >= 0.3 is 0 Å². The average Bonchev–Trinajstić information content (AvgIpc) is 3.63. The van der Waals surface area contributed by atoms with Crippen LogP contribution in [0, 0.1) is 11.3 Å². The average molecular weight is 468 g/mol. The molecule has 8 nitrogen and oxygen atoms in total. The Hall–Kier alpha value is -3.15. The summed E-state index contributed by atoms with van der Waals surface area (Å²) < 4.78 is 0. The number of piperazine rings is 1. The van der Waals surface area contributed by atoms with Crippen molar-refractivity contribution in [2.24, 2.45) is 0 Å². The van der Waals surface area contributed by atoms with Crippen molar-refractivity contribution in [3.8, 4) is 6.07 Å². The minimum absolute atomic E-state index is 0.145. The van der Waals surface area contributed by atoms with Crippen molar-refractivity contribution in [2.45, 2.75) is 18.9 Å². The Morgan fingerprint density at radius 1 is 1.09 bits per heavy atom. The van der Waals surface area contributed by atoms with E-state index in [1.807, 2.05) is 6.07 Å². The Morgan fingerprint density at radius 3 is 2.59 bits per heavy atom. The smallest absolute Gasteiger partial charge is 0.257 e. The summed E-state index contributed by atoms with van der Waals surface area (Å²) in [6.45, 7) is 2.19. The second-order valence-corrected chi connectivity index (χ2v) is 8.70. The highest BCUT2D eigenvalue weighted by molar-refractivity contribution is 6.34. The number of aromatic nitrogens is 3. The maximum Gasteiger partial charge on any atom is 0.257 e. The topological polar surface area (TPSA) is 98.0 Å². The molecule has 0 atom stereocenters. The molecule has 0 radical (unpaired) electrons. The lowest BCUT2D eigenvalue weighted by atomic mass is 10.2. The number of rotatable bonds is 4. The first-order chi connectivity index (χ1) is 15.5. The van der Waals surface area contributed by atoms with Gasteiger partial charge in [0.2, 0.25) is 0 Å². The number of halogens is 2. The SMILES string of the molecule is N#Cc1ccc2nc(NC3CC3)c(N3CCN(C(=O)c4cc(Cl)cnc4Cl)CC3)nc2c1. The highest BCUT2D eigenvalue weighted by Gasteiger charge is 2.29. The second-order valence-electron chi connectivity index (χ2n) is 7.90. The molecular formula is C22H19Cl2N7O. The number of nitrogens with one attached hydrogen (secondary N) is 1. The van der Waals surface area contributed by atoms with Gasteiger partial charge in [0.15, 0.2) is 11.6 Å². The summed E-state index contributed by atoms with van der Waals surface area (Å²) in [6, 6.07) is 9.43. The van der Waals surface area contributed by atoms with E-state index in [0.717, 1.165) is 30.0 Å². The van der Waals surface area contributed by atoms with Crippen LogP contribution in [-0.4, -0.2) is 58.0 Å². The van der Waals surface area contributed by atoms with Crippen molar-refractivity contribution in [1.29, 1.82) is 5.26 Å². The molecule has 0 spiro atoms. The zero-order chi connectivity index (χ0) is 22.2. The van der Waals surface area contributed by atoms with Crippen LogP contribution < -0.4 is 10.2 Å². The molecule has 32 heavy (non-hydrogen) atoms. The Bertz CT molecular complexity index is 1250. The zero-order valence-electron chi connectivity index (χ0n) is 17.1. The Balaban J connectivity index is 1.39. The van der Waals surface area contributed by atoms with Crippen molar-refractivity contribution < 1.29 is 4.79 Å². The van der Waals surface area contributed by atoms with Gasteiger partial charge in [-0.1, -0.05) is 23.2 Å². The van der Waals surface area contributed by atoms with Crippen LogP contribution in [0.2, 0.25) is 10.2 Å². The van der Waals surface area contributed by atoms with Crippen molar-refractivity contribution in [3.63, 3.8) is 0 Å². The van der Waals surface area contributed by atoms with Crippen molar-refractivity contribution in [3.05, 3.63) is 51.8 Å². The molecule has 2 aromatic heterocycles. The summed E-state index contributed by atoms with van der Waals surface area (Å²) in [5.74, 6) is 1.30. The van der Waals surface area contributed by atoms with Crippen LogP contribution in [0.3, 0.4) is 0 Å². The number of carbonyl (C=O) groups is 1. The Labute approximate surface area is 194 Å². The number of hydrogen-bond acceptors (Lipinski definition) is 7. The lowest BCUT2D eigenvalue weighted by molar-refractivity contribution is 0.0746. The summed E-state index contributed by atoms with van der Waals surface area (Å²) in [6.07, 6.45) is 3.65. The van der Waals surface area contributed by atoms with Gasteiger partial charge in [0.25, 0.3) is 5.91 Å². The number of carbonyl (C=O) groups excluding carboxylic acids is 1. The van der Waals surface area contributed by atoms with Gasteiger partial charge in [0.05, 0.1) is 33.3 Å². The van der Waals surface area contributed by atoms with Crippen molar-refractivity contribution >= 4 is 51.8 Å². The van der Waals surface area contributed by atoms with Gasteiger partial charge in [-0.05, 0) is 37.1 Å². The molecule has 1 amide bonds. The minimum atomic E-state index is -0.191. The zero-order valence-corrected chi connectivity index (χ0v) is 18.6. The third-order valence-corrected chi connectivity index (χ3v) is 6.10. The molecule has 1 aliphatic carbocycles. The number of nitrogens with zero attached hydrogens (tertiary/aromatic N) is 6. The van der Waals surface area contributed by atoms with E-state index in [0.29, 0.717) is 53.9 Å². The molecule has 1 saturated heterocycles. The largest absolute Gasteiger partial charge is 0.364 e. The minimum Gasteiger partial charge on any atom is -0.364 e. The van der Waals surface area contributed by atoms with Gasteiger partial charge in [-0.15, -0.1) is 0 Å². The van der Waals surface area contributed by atoms with E-state index in [-0.39, 0.29) is 11.1 Å². The van der Waals surface area contributed by atoms with Crippen molar-refractivity contribution in [1.82, 2.24) is 19.9 Å². The van der Waals surface area contributed by atoms with Crippen LogP contribution in [0.25, 0.3) is 11.0 Å². The van der Waals surface area contributed by atoms with Gasteiger partial charge in [-0.25, -0.2) is 15.0 Å². The summed E-state index contributed by atoms with van der Waals surface area (Å²) in [7, 11) is 0. The third-order valence-electron chi connectivity index (χ3n) is 5.60. The first kappa shape index (κ1) is 20.7. The van der Waals surface area contributed by atoms with Crippen LogP contribution in [0.5, 0.6) is 0 Å². The number of fused-ring (bicyclic) bond motifs is 1. The Kier molecular flexibility index (Phi) is 5.45. The van der Waals surface area contributed by atoms with Gasteiger partial charge in [0.1, 0.15) is 5.15 Å². The van der Waals surface area contributed by atoms with Gasteiger partial charge in [-0.3, -0.25) is 4.79 Å². The van der Waals surface area contributed by atoms with Gasteiger partial charge in [0, 0.05) is 38.4 Å². The summed E-state index contributed by atoms with van der Waals surface area (Å²) in [5.41, 5.74) is 2.27. The summed E-state index contributed by atoms with van der Waals surface area (Å²) >= 11 is 12.1. The number of amides is 1. The molecule has 3 aromatic rings. The molecule has 2 aliphatic rings. The number of pyridine rings is 1. The van der Waals surface area contributed by atoms with E-state index >= 15 is 0 Å². The summed E-state index contributed by atoms with van der Waals surface area (Å²) in [4.78, 5) is 30.4. The third kappa shape index (κ3) is 4.14. The van der Waals surface area contributed by atoms with Crippen LogP contribution in [0.4, 0.5) is 11.6 Å². The van der Waals surface area contributed by atoms with Crippen molar-refractivity contribution in [2.75, 3.05) is 36.4 Å². The fraction of sp³-hybridized carbons (Fsp3) is 0.318. The highest BCUT2D eigenvalue weighted by atomic mass is 35.5. The maximum absolute atomic E-state index is 12.9. The molecule has 10 heteroatoms. The lowest BCUT2D eigenvalue weighted by Gasteiger charge is -2.36. The quantitative estimate of drug-likeness (QED) is 0.583. The molecular weight excluding hydrogens is 449 g/mol. The molecule has 0 unspecified atom stereocenters. The number of anilines is 2. The number of hydrogen-bond donors (Lipinski definition) is 1. The number of nitriles is 1. The monoisotopic (exact) mass is 467 g/mol. The molecule has 162 valence electrons. The van der Waals surface area contributed by atoms with Crippen LogP contribution >= 0.6 is 23.2 Å².